The van der Waals surface area contributed by atoms with E-state index in [1.54, 1.807) is 6.07 Å². The minimum absolute atomic E-state index is 0. The first-order chi connectivity index (χ1) is 10.2. The van der Waals surface area contributed by atoms with Crippen LogP contribution in [0.4, 0.5) is 0 Å². The molecule has 0 radical (unpaired) electrons. The van der Waals surface area contributed by atoms with Crippen molar-refractivity contribution in [1.82, 2.24) is 20.8 Å². The summed E-state index contributed by atoms with van der Waals surface area (Å²) in [6.45, 7) is 6.51. The van der Waals surface area contributed by atoms with Gasteiger partial charge in [-0.05, 0) is 26.0 Å². The van der Waals surface area contributed by atoms with E-state index in [-0.39, 0.29) is 18.3 Å². The van der Waals surface area contributed by atoms with E-state index >= 15 is 0 Å². The fourth-order valence-corrected chi connectivity index (χ4v) is 1.97. The van der Waals surface area contributed by atoms with E-state index in [9.17, 15) is 4.79 Å². The first-order valence-electron chi connectivity index (χ1n) is 7.32. The Balaban J connectivity index is 0.00000242. The molecule has 3 N–H and O–H groups in total. The van der Waals surface area contributed by atoms with Gasteiger partial charge in [-0.3, -0.25) is 9.89 Å². The molecular weight excluding hydrogens is 300 g/mol. The van der Waals surface area contributed by atoms with E-state index in [4.69, 9.17) is 0 Å². The van der Waals surface area contributed by atoms with Crippen molar-refractivity contribution in [1.29, 1.82) is 0 Å². The molecule has 0 saturated heterocycles. The molecule has 6 heteroatoms. The van der Waals surface area contributed by atoms with Crippen LogP contribution in [0.1, 0.15) is 29.4 Å². The van der Waals surface area contributed by atoms with Crippen molar-refractivity contribution in [2.75, 3.05) is 19.6 Å². The molecule has 1 amide bonds. The van der Waals surface area contributed by atoms with E-state index in [2.05, 4.69) is 27.8 Å². The van der Waals surface area contributed by atoms with Crippen molar-refractivity contribution < 1.29 is 4.79 Å². The van der Waals surface area contributed by atoms with Crippen LogP contribution in [0.2, 0.25) is 0 Å². The number of amides is 1. The van der Waals surface area contributed by atoms with Crippen molar-refractivity contribution in [3.05, 3.63) is 41.6 Å². The van der Waals surface area contributed by atoms with Crippen LogP contribution in [0.15, 0.2) is 30.3 Å². The molecule has 0 fully saturated rings. The highest BCUT2D eigenvalue weighted by atomic mass is 35.5. The standard InChI is InChI=1S/C16H22N4O.ClH/c1-3-8-17-9-10-18-16(21)15-11-14(19-20-15)13-6-4-12(2)5-7-13;/h4-7,11,17H,3,8-10H2,1-2H3,(H,18,21)(H,19,20);1H. The second-order valence-corrected chi connectivity index (χ2v) is 5.04. The molecule has 2 rings (SSSR count). The number of halogens is 1. The number of carbonyl (C=O) groups is 1. The van der Waals surface area contributed by atoms with Gasteiger partial charge < -0.3 is 10.6 Å². The number of aryl methyl sites for hydroxylation is 1. The molecule has 1 heterocycles. The van der Waals surface area contributed by atoms with Crippen LogP contribution in [0, 0.1) is 6.92 Å². The Morgan fingerprint density at radius 1 is 1.18 bits per heavy atom. The van der Waals surface area contributed by atoms with Gasteiger partial charge in [-0.15, -0.1) is 12.4 Å². The van der Waals surface area contributed by atoms with Crippen LogP contribution < -0.4 is 10.6 Å². The number of H-pyrrole nitrogens is 1. The smallest absolute Gasteiger partial charge is 0.269 e. The Labute approximate surface area is 137 Å². The van der Waals surface area contributed by atoms with Crippen LogP contribution in [0.5, 0.6) is 0 Å². The largest absolute Gasteiger partial charge is 0.349 e. The number of nitrogens with one attached hydrogen (secondary N) is 3. The van der Waals surface area contributed by atoms with Gasteiger partial charge in [0.2, 0.25) is 0 Å². The molecule has 120 valence electrons. The average molecular weight is 323 g/mol. The van der Waals surface area contributed by atoms with Gasteiger partial charge >= 0.3 is 0 Å². The number of carbonyl (C=O) groups excluding carboxylic acids is 1. The first-order valence-corrected chi connectivity index (χ1v) is 7.32. The molecule has 0 spiro atoms. The Kier molecular flexibility index (Phi) is 7.63. The fraction of sp³-hybridized carbons (Fsp3) is 0.375. The summed E-state index contributed by atoms with van der Waals surface area (Å²) in [5, 5.41) is 13.1. The highest BCUT2D eigenvalue weighted by molar-refractivity contribution is 5.93. The lowest BCUT2D eigenvalue weighted by atomic mass is 10.1. The van der Waals surface area contributed by atoms with Crippen molar-refractivity contribution in [3.8, 4) is 11.3 Å². The quantitative estimate of drug-likeness (QED) is 0.686. The molecule has 22 heavy (non-hydrogen) atoms. The average Bonchev–Trinajstić information content (AvgIpc) is 2.97. The highest BCUT2D eigenvalue weighted by Gasteiger charge is 2.10. The molecule has 5 nitrogen and oxygen atoms in total. The Morgan fingerprint density at radius 2 is 1.91 bits per heavy atom. The summed E-state index contributed by atoms with van der Waals surface area (Å²) in [6, 6.07) is 9.84. The summed E-state index contributed by atoms with van der Waals surface area (Å²) in [4.78, 5) is 12.0. The third-order valence-electron chi connectivity index (χ3n) is 3.18. The maximum absolute atomic E-state index is 12.0. The molecule has 0 aliphatic rings. The molecular formula is C16H23ClN4O. The molecule has 0 atom stereocenters. The van der Waals surface area contributed by atoms with Gasteiger partial charge in [0.1, 0.15) is 5.69 Å². The Morgan fingerprint density at radius 3 is 2.59 bits per heavy atom. The molecule has 2 aromatic rings. The van der Waals surface area contributed by atoms with Gasteiger partial charge in [0.25, 0.3) is 5.91 Å². The summed E-state index contributed by atoms with van der Waals surface area (Å²) in [6.07, 6.45) is 1.09. The number of rotatable bonds is 7. The summed E-state index contributed by atoms with van der Waals surface area (Å²) in [5.74, 6) is -0.126. The minimum Gasteiger partial charge on any atom is -0.349 e. The fourth-order valence-electron chi connectivity index (χ4n) is 1.97. The normalized spacial score (nSPS) is 10.1. The zero-order chi connectivity index (χ0) is 15.1. The zero-order valence-corrected chi connectivity index (χ0v) is 13.8. The highest BCUT2D eigenvalue weighted by Crippen LogP contribution is 2.17. The van der Waals surface area contributed by atoms with Crippen molar-refractivity contribution in [3.63, 3.8) is 0 Å². The van der Waals surface area contributed by atoms with E-state index in [0.29, 0.717) is 12.2 Å². The minimum atomic E-state index is -0.126. The molecule has 0 unspecified atom stereocenters. The Hall–Kier alpha value is -1.85. The van der Waals surface area contributed by atoms with Gasteiger partial charge in [-0.2, -0.15) is 5.10 Å². The lowest BCUT2D eigenvalue weighted by Crippen LogP contribution is -2.32. The lowest BCUT2D eigenvalue weighted by molar-refractivity contribution is 0.0949. The molecule has 1 aromatic heterocycles. The molecule has 0 aliphatic heterocycles. The molecule has 0 bridgehead atoms. The van der Waals surface area contributed by atoms with Gasteiger partial charge in [-0.25, -0.2) is 0 Å². The monoisotopic (exact) mass is 322 g/mol. The van der Waals surface area contributed by atoms with E-state index in [0.717, 1.165) is 30.8 Å². The Bertz CT molecular complexity index is 580. The molecule has 0 saturated carbocycles. The van der Waals surface area contributed by atoms with Crippen LogP contribution in [-0.4, -0.2) is 35.7 Å². The van der Waals surface area contributed by atoms with Crippen LogP contribution in [-0.2, 0) is 0 Å². The van der Waals surface area contributed by atoms with Gasteiger partial charge in [0.05, 0.1) is 5.69 Å². The van der Waals surface area contributed by atoms with Gasteiger partial charge in [0.15, 0.2) is 0 Å². The SMILES string of the molecule is CCCNCCNC(=O)c1cc(-c2ccc(C)cc2)n[nH]1.Cl. The van der Waals surface area contributed by atoms with Crippen LogP contribution in [0.25, 0.3) is 11.3 Å². The topological polar surface area (TPSA) is 69.8 Å². The third-order valence-corrected chi connectivity index (χ3v) is 3.18. The maximum atomic E-state index is 12.0. The number of hydrogen-bond donors (Lipinski definition) is 3. The first kappa shape index (κ1) is 18.2. The second-order valence-electron chi connectivity index (χ2n) is 5.04. The van der Waals surface area contributed by atoms with E-state index < -0.39 is 0 Å². The van der Waals surface area contributed by atoms with Crippen LogP contribution >= 0.6 is 12.4 Å². The van der Waals surface area contributed by atoms with Crippen LogP contribution in [0.3, 0.4) is 0 Å². The summed E-state index contributed by atoms with van der Waals surface area (Å²) < 4.78 is 0. The number of hydrogen-bond acceptors (Lipinski definition) is 3. The van der Waals surface area contributed by atoms with Crippen molar-refractivity contribution in [2.45, 2.75) is 20.3 Å². The zero-order valence-electron chi connectivity index (χ0n) is 13.0. The predicted molar refractivity (Wildman–Crippen MR) is 91.5 cm³/mol. The summed E-state index contributed by atoms with van der Waals surface area (Å²) in [5.41, 5.74) is 3.47. The number of nitrogens with zero attached hydrogens (tertiary/aromatic N) is 1. The number of benzene rings is 1. The second kappa shape index (κ2) is 9.23. The van der Waals surface area contributed by atoms with Gasteiger partial charge in [-0.1, -0.05) is 36.8 Å². The van der Waals surface area contributed by atoms with Gasteiger partial charge in [0, 0.05) is 18.7 Å². The third kappa shape index (κ3) is 5.16. The predicted octanol–water partition coefficient (Wildman–Crippen LogP) is 2.54. The van der Waals surface area contributed by atoms with Crippen molar-refractivity contribution >= 4 is 18.3 Å². The summed E-state index contributed by atoms with van der Waals surface area (Å²) in [7, 11) is 0. The van der Waals surface area contributed by atoms with Crippen molar-refractivity contribution in [2.24, 2.45) is 0 Å². The molecule has 1 aromatic carbocycles. The molecule has 0 aliphatic carbocycles. The maximum Gasteiger partial charge on any atom is 0.269 e. The summed E-state index contributed by atoms with van der Waals surface area (Å²) >= 11 is 0. The van der Waals surface area contributed by atoms with E-state index in [1.807, 2.05) is 31.2 Å². The number of aromatic amines is 1. The number of aromatic nitrogens is 2. The lowest BCUT2D eigenvalue weighted by Gasteiger charge is -2.04. The van der Waals surface area contributed by atoms with E-state index in [1.165, 1.54) is 5.56 Å².